The first kappa shape index (κ1) is 37.4. The van der Waals surface area contributed by atoms with Crippen molar-refractivity contribution in [3.05, 3.63) is 86.6 Å². The fraction of sp³-hybridized carbons (Fsp3) is 0.441. The van der Waals surface area contributed by atoms with Crippen molar-refractivity contribution in [3.8, 4) is 5.75 Å². The zero-order chi connectivity index (χ0) is 33.3. The lowest BCUT2D eigenvalue weighted by atomic mass is 9.88. The number of ether oxygens (including phenoxy) is 1. The highest BCUT2D eigenvalue weighted by Crippen LogP contribution is 2.36. The van der Waals surface area contributed by atoms with Crippen LogP contribution in [-0.4, -0.2) is 89.9 Å². The number of hydrogen-bond acceptors (Lipinski definition) is 7. The van der Waals surface area contributed by atoms with E-state index in [9.17, 15) is 0 Å². The number of nitrogens with one attached hydrogen (secondary N) is 1. The molecule has 12 heteroatoms. The van der Waals surface area contributed by atoms with E-state index in [1.54, 1.807) is 0 Å². The molecule has 5 rings (SSSR count). The quantitative estimate of drug-likeness (QED) is 0.181. The number of nitrogens with zero attached hydrogens (tertiary/aromatic N) is 3. The van der Waals surface area contributed by atoms with Crippen LogP contribution in [0, 0.1) is 6.92 Å². The number of piperidine rings is 1. The van der Waals surface area contributed by atoms with Gasteiger partial charge in [-0.25, -0.2) is 0 Å². The SMILES string of the molecule is Cc1cc(N[C@H](Cc2ccc(Cl)cc2Cl)CN2CCC(c3ccc(Cl)cc3OCCN3CCCC3)CC2)ccn1.O=CO.O=CO. The molecule has 9 nitrogen and oxygen atoms in total. The highest BCUT2D eigenvalue weighted by molar-refractivity contribution is 6.35. The predicted octanol–water partition coefficient (Wildman–Crippen LogP) is 7.13. The van der Waals surface area contributed by atoms with Crippen LogP contribution < -0.4 is 10.1 Å². The number of aromatic nitrogens is 1. The summed E-state index contributed by atoms with van der Waals surface area (Å²) in [7, 11) is 0. The van der Waals surface area contributed by atoms with Gasteiger partial charge < -0.3 is 25.2 Å². The number of anilines is 1. The summed E-state index contributed by atoms with van der Waals surface area (Å²) in [6.07, 6.45) is 7.44. The third-order valence-corrected chi connectivity index (χ3v) is 8.92. The van der Waals surface area contributed by atoms with Gasteiger partial charge in [0, 0.05) is 51.8 Å². The lowest BCUT2D eigenvalue weighted by Gasteiger charge is -2.35. The van der Waals surface area contributed by atoms with Gasteiger partial charge in [-0.1, -0.05) is 46.9 Å². The van der Waals surface area contributed by atoms with Crippen molar-refractivity contribution in [2.45, 2.75) is 51.0 Å². The van der Waals surface area contributed by atoms with Crippen LogP contribution in [0.15, 0.2) is 54.7 Å². The number of carboxylic acid groups (broad SMARTS) is 2. The highest BCUT2D eigenvalue weighted by atomic mass is 35.5. The van der Waals surface area contributed by atoms with E-state index in [2.05, 4.69) is 32.2 Å². The van der Waals surface area contributed by atoms with Crippen LogP contribution in [-0.2, 0) is 16.0 Å². The maximum absolute atomic E-state index is 8.36. The first-order valence-corrected chi connectivity index (χ1v) is 16.5. The third kappa shape index (κ3) is 12.6. The molecule has 250 valence electrons. The molecule has 0 saturated carbocycles. The van der Waals surface area contributed by atoms with Crippen molar-refractivity contribution in [1.29, 1.82) is 0 Å². The molecule has 0 amide bonds. The van der Waals surface area contributed by atoms with Crippen LogP contribution in [0.5, 0.6) is 5.75 Å². The number of rotatable bonds is 11. The minimum Gasteiger partial charge on any atom is -0.492 e. The Labute approximate surface area is 286 Å². The van der Waals surface area contributed by atoms with Crippen molar-refractivity contribution in [1.82, 2.24) is 14.8 Å². The molecule has 2 saturated heterocycles. The summed E-state index contributed by atoms with van der Waals surface area (Å²) in [5.74, 6) is 1.42. The van der Waals surface area contributed by atoms with Gasteiger partial charge in [0.1, 0.15) is 12.4 Å². The Bertz CT molecular complexity index is 1360. The summed E-state index contributed by atoms with van der Waals surface area (Å²) in [6.45, 7) is 8.56. The number of hydrogen-bond donors (Lipinski definition) is 3. The van der Waals surface area contributed by atoms with Gasteiger partial charge in [-0.2, -0.15) is 0 Å². The Morgan fingerprint density at radius 2 is 1.59 bits per heavy atom. The van der Waals surface area contributed by atoms with E-state index < -0.39 is 0 Å². The second kappa shape index (κ2) is 20.2. The number of pyridine rings is 1. The van der Waals surface area contributed by atoms with E-state index in [0.29, 0.717) is 22.6 Å². The molecule has 2 aliphatic heterocycles. The van der Waals surface area contributed by atoms with Crippen LogP contribution in [0.1, 0.15) is 48.4 Å². The molecule has 0 radical (unpaired) electrons. The lowest BCUT2D eigenvalue weighted by Crippen LogP contribution is -2.42. The normalized spacial score (nSPS) is 15.9. The Hall–Kier alpha value is -3.08. The van der Waals surface area contributed by atoms with Gasteiger partial charge in [-0.05, 0) is 119 Å². The van der Waals surface area contributed by atoms with Crippen molar-refractivity contribution >= 4 is 53.4 Å². The Morgan fingerprint density at radius 1 is 0.935 bits per heavy atom. The lowest BCUT2D eigenvalue weighted by molar-refractivity contribution is -0.123. The van der Waals surface area contributed by atoms with Crippen LogP contribution in [0.4, 0.5) is 5.69 Å². The summed E-state index contributed by atoms with van der Waals surface area (Å²) in [5.41, 5.74) is 4.46. The van der Waals surface area contributed by atoms with E-state index in [0.717, 1.165) is 73.2 Å². The Balaban J connectivity index is 0.000000891. The standard InChI is InChI=1S/C32H39Cl3N4O.2CH2O2/c1-23-18-28(8-11-36-23)37-29(19-25-4-5-26(33)20-31(25)35)22-39-14-9-24(10-15-39)30-7-6-27(34)21-32(30)40-17-16-38-12-2-3-13-38;2*2-1-3/h4-8,11,18,20-21,24,29H,2-3,9-10,12-17,19,22H2,1H3,(H,36,37);2*1H,(H,2,3)/t29-;;/m1../s1. The van der Waals surface area contributed by atoms with Crippen molar-refractivity contribution in [2.75, 3.05) is 51.2 Å². The topological polar surface area (TPSA) is 115 Å². The zero-order valence-corrected chi connectivity index (χ0v) is 28.4. The molecule has 1 atom stereocenters. The maximum Gasteiger partial charge on any atom is 0.290 e. The van der Waals surface area contributed by atoms with Gasteiger partial charge in [-0.15, -0.1) is 0 Å². The average Bonchev–Trinajstić information content (AvgIpc) is 3.54. The molecular formula is C34H43Cl3N4O5. The van der Waals surface area contributed by atoms with Crippen molar-refractivity contribution < 1.29 is 24.5 Å². The van der Waals surface area contributed by atoms with Crippen LogP contribution in [0.3, 0.4) is 0 Å². The second-order valence-electron chi connectivity index (χ2n) is 11.3. The van der Waals surface area contributed by atoms with Crippen LogP contribution in [0.25, 0.3) is 0 Å². The third-order valence-electron chi connectivity index (χ3n) is 8.09. The number of aryl methyl sites for hydroxylation is 1. The molecule has 46 heavy (non-hydrogen) atoms. The van der Waals surface area contributed by atoms with Gasteiger partial charge >= 0.3 is 0 Å². The van der Waals surface area contributed by atoms with Crippen LogP contribution in [0.2, 0.25) is 15.1 Å². The van der Waals surface area contributed by atoms with E-state index in [4.69, 9.17) is 59.3 Å². The van der Waals surface area contributed by atoms with Gasteiger partial charge in [-0.3, -0.25) is 19.5 Å². The summed E-state index contributed by atoms with van der Waals surface area (Å²) in [6, 6.07) is 16.3. The molecule has 3 heterocycles. The number of halogens is 3. The molecule has 1 aromatic heterocycles. The molecule has 0 aliphatic carbocycles. The predicted molar refractivity (Wildman–Crippen MR) is 185 cm³/mol. The average molecular weight is 694 g/mol. The number of benzene rings is 2. The van der Waals surface area contributed by atoms with E-state index in [1.807, 2.05) is 49.5 Å². The van der Waals surface area contributed by atoms with E-state index in [1.165, 1.54) is 31.5 Å². The zero-order valence-electron chi connectivity index (χ0n) is 26.1. The van der Waals surface area contributed by atoms with E-state index >= 15 is 0 Å². The molecule has 3 aromatic rings. The molecule has 2 aromatic carbocycles. The summed E-state index contributed by atoms with van der Waals surface area (Å²) < 4.78 is 6.31. The van der Waals surface area contributed by atoms with Gasteiger partial charge in [0.05, 0.1) is 0 Å². The number of carbonyl (C=O) groups is 2. The number of likely N-dealkylation sites (tertiary alicyclic amines) is 2. The van der Waals surface area contributed by atoms with Gasteiger partial charge in [0.15, 0.2) is 0 Å². The first-order valence-electron chi connectivity index (χ1n) is 15.4. The van der Waals surface area contributed by atoms with Gasteiger partial charge in [0.2, 0.25) is 0 Å². The molecule has 3 N–H and O–H groups in total. The fourth-order valence-electron chi connectivity index (χ4n) is 5.98. The summed E-state index contributed by atoms with van der Waals surface area (Å²) in [4.78, 5) is 26.1. The van der Waals surface area contributed by atoms with Crippen molar-refractivity contribution in [3.63, 3.8) is 0 Å². The molecule has 0 unspecified atom stereocenters. The smallest absolute Gasteiger partial charge is 0.290 e. The largest absolute Gasteiger partial charge is 0.492 e. The fourth-order valence-corrected chi connectivity index (χ4v) is 6.63. The molecule has 2 aliphatic rings. The van der Waals surface area contributed by atoms with Crippen LogP contribution >= 0.6 is 34.8 Å². The molecule has 2 fully saturated rings. The van der Waals surface area contributed by atoms with Gasteiger partial charge in [0.25, 0.3) is 12.9 Å². The minimum atomic E-state index is -0.250. The monoisotopic (exact) mass is 692 g/mol. The van der Waals surface area contributed by atoms with Crippen molar-refractivity contribution in [2.24, 2.45) is 0 Å². The minimum absolute atomic E-state index is 0.192. The summed E-state index contributed by atoms with van der Waals surface area (Å²) in [5, 5.41) is 19.6. The first-order chi connectivity index (χ1) is 22.3. The van der Waals surface area contributed by atoms with E-state index in [-0.39, 0.29) is 19.0 Å². The molecule has 0 bridgehead atoms. The highest BCUT2D eigenvalue weighted by Gasteiger charge is 2.26. The second-order valence-corrected chi connectivity index (χ2v) is 12.6. The molecular weight excluding hydrogens is 651 g/mol. The molecule has 0 spiro atoms. The Morgan fingerprint density at radius 3 is 2.24 bits per heavy atom. The Kier molecular flexibility index (Phi) is 16.4. The summed E-state index contributed by atoms with van der Waals surface area (Å²) >= 11 is 19.1. The maximum atomic E-state index is 8.36.